The molecule has 8 heteroatoms. The molecule has 0 unspecified atom stereocenters. The highest BCUT2D eigenvalue weighted by molar-refractivity contribution is 7.57. The topological polar surface area (TPSA) is 43.4 Å². The van der Waals surface area contributed by atoms with Crippen LogP contribution in [0.3, 0.4) is 0 Å². The molecule has 0 saturated heterocycles. The molecule has 0 heterocycles. The van der Waals surface area contributed by atoms with Crippen LogP contribution in [0.25, 0.3) is 0 Å². The summed E-state index contributed by atoms with van der Waals surface area (Å²) in [6.45, 7) is 1.85. The van der Waals surface area contributed by atoms with Gasteiger partial charge in [0.15, 0.2) is 13.2 Å². The Labute approximate surface area is 113 Å². The Balaban J connectivity index is 3.08. The summed E-state index contributed by atoms with van der Waals surface area (Å²) in [5.41, 5.74) is -1.68. The van der Waals surface area contributed by atoms with Gasteiger partial charge in [-0.05, 0) is 18.2 Å². The molecule has 0 aliphatic carbocycles. The van der Waals surface area contributed by atoms with E-state index >= 15 is 0 Å². The Kier molecular flexibility index (Phi) is 4.82. The summed E-state index contributed by atoms with van der Waals surface area (Å²) < 4.78 is 54.2. The smallest absolute Gasteiger partial charge is 0.320 e. The molecule has 3 nitrogen and oxygen atoms in total. The molecular formula is C11H11ClF3O3P. The van der Waals surface area contributed by atoms with E-state index in [1.54, 1.807) is 0 Å². The third-order valence-electron chi connectivity index (χ3n) is 2.09. The van der Waals surface area contributed by atoms with Gasteiger partial charge >= 0.3 is 6.18 Å². The normalized spacial score (nSPS) is 12.5. The molecule has 0 aliphatic heterocycles. The van der Waals surface area contributed by atoms with Gasteiger partial charge in [0.05, 0.1) is 5.56 Å². The Hall–Kier alpha value is -0.840. The summed E-state index contributed by atoms with van der Waals surface area (Å²) in [5, 5.41) is 0.00697. The minimum absolute atomic E-state index is 0.00697. The average molecular weight is 315 g/mol. The lowest BCUT2D eigenvalue weighted by Gasteiger charge is -2.13. The zero-order chi connectivity index (χ0) is 14.8. The van der Waals surface area contributed by atoms with E-state index in [0.29, 0.717) is 0 Å². The minimum Gasteiger partial charge on any atom is -0.320 e. The lowest BCUT2D eigenvalue weighted by Crippen LogP contribution is -2.16. The average Bonchev–Trinajstić information content (AvgIpc) is 2.23. The number of ketones is 1. The summed E-state index contributed by atoms with van der Waals surface area (Å²) >= 11 is 5.59. The lowest BCUT2D eigenvalue weighted by molar-refractivity contribution is -0.137. The highest BCUT2D eigenvalue weighted by atomic mass is 35.5. The van der Waals surface area contributed by atoms with E-state index in [2.05, 4.69) is 0 Å². The van der Waals surface area contributed by atoms with Gasteiger partial charge in [-0.2, -0.15) is 13.2 Å². The second-order valence-corrected chi connectivity index (χ2v) is 7.34. The Morgan fingerprint density at radius 1 is 1.37 bits per heavy atom. The molecule has 0 spiro atoms. The summed E-state index contributed by atoms with van der Waals surface area (Å²) in [5.74, 6) is -0.918. The van der Waals surface area contributed by atoms with E-state index in [1.165, 1.54) is 13.3 Å². The highest BCUT2D eigenvalue weighted by Crippen LogP contribution is 2.38. The maximum atomic E-state index is 12.7. The van der Waals surface area contributed by atoms with E-state index in [0.717, 1.165) is 18.2 Å². The van der Waals surface area contributed by atoms with Gasteiger partial charge in [0, 0.05) is 23.9 Å². The Morgan fingerprint density at radius 2 is 1.95 bits per heavy atom. The number of benzene rings is 1. The standard InChI is InChI=1S/C11H11ClF3O3P/c1-19(2,17)18-6-10(16)8-5-7(12)3-4-9(8)11(13,14)15/h3-5H,6H2,1-2H3. The maximum absolute atomic E-state index is 12.7. The van der Waals surface area contributed by atoms with E-state index in [9.17, 15) is 22.5 Å². The zero-order valence-electron chi connectivity index (χ0n) is 10.1. The summed E-state index contributed by atoms with van der Waals surface area (Å²) in [7, 11) is -2.94. The first-order valence-corrected chi connectivity index (χ1v) is 8.00. The number of hydrogen-bond donors (Lipinski definition) is 0. The SMILES string of the molecule is CP(C)(=O)OCC(=O)c1cc(Cl)ccc1C(F)(F)F. The molecule has 1 aromatic rings. The fraction of sp³-hybridized carbons (Fsp3) is 0.364. The van der Waals surface area contributed by atoms with Crippen LogP contribution in [0.4, 0.5) is 13.2 Å². The van der Waals surface area contributed by atoms with Crippen molar-refractivity contribution in [2.24, 2.45) is 0 Å². The molecule has 0 N–H and O–H groups in total. The molecule has 0 atom stereocenters. The van der Waals surface area contributed by atoms with Crippen LogP contribution in [0.5, 0.6) is 0 Å². The summed E-state index contributed by atoms with van der Waals surface area (Å²) in [6.07, 6.45) is -4.67. The van der Waals surface area contributed by atoms with Crippen molar-refractivity contribution < 1.29 is 27.1 Å². The van der Waals surface area contributed by atoms with Gasteiger partial charge in [-0.1, -0.05) is 11.6 Å². The number of halogens is 4. The van der Waals surface area contributed by atoms with Gasteiger partial charge < -0.3 is 4.52 Å². The second-order valence-electron chi connectivity index (χ2n) is 4.14. The van der Waals surface area contributed by atoms with Gasteiger partial charge in [0.2, 0.25) is 0 Å². The van der Waals surface area contributed by atoms with Gasteiger partial charge in [0.25, 0.3) is 0 Å². The second kappa shape index (κ2) is 5.65. The maximum Gasteiger partial charge on any atom is 0.417 e. The van der Waals surface area contributed by atoms with Gasteiger partial charge in [-0.25, -0.2) is 0 Å². The van der Waals surface area contributed by atoms with Gasteiger partial charge in [-0.15, -0.1) is 0 Å². The molecule has 0 bridgehead atoms. The fourth-order valence-corrected chi connectivity index (χ4v) is 1.89. The van der Waals surface area contributed by atoms with Gasteiger partial charge in [0.1, 0.15) is 6.61 Å². The number of rotatable bonds is 4. The predicted octanol–water partition coefficient (Wildman–Crippen LogP) is 4.10. The first kappa shape index (κ1) is 16.2. The number of carbonyl (C=O) groups is 1. The van der Waals surface area contributed by atoms with Crippen LogP contribution < -0.4 is 0 Å². The summed E-state index contributed by atoms with van der Waals surface area (Å²) in [4.78, 5) is 11.7. The van der Waals surface area contributed by atoms with Crippen LogP contribution in [-0.4, -0.2) is 25.7 Å². The lowest BCUT2D eigenvalue weighted by atomic mass is 10.0. The molecule has 0 amide bonds. The van der Waals surface area contributed by atoms with Crippen LogP contribution in [0.1, 0.15) is 15.9 Å². The number of hydrogen-bond acceptors (Lipinski definition) is 3. The molecule has 1 aromatic carbocycles. The van der Waals surface area contributed by atoms with Crippen molar-refractivity contribution in [3.8, 4) is 0 Å². The van der Waals surface area contributed by atoms with Crippen molar-refractivity contribution >= 4 is 24.8 Å². The van der Waals surface area contributed by atoms with Crippen molar-refractivity contribution in [1.82, 2.24) is 0 Å². The van der Waals surface area contributed by atoms with E-state index in [1.807, 2.05) is 0 Å². The molecule has 0 aliphatic rings. The first-order valence-electron chi connectivity index (χ1n) is 5.10. The largest absolute Gasteiger partial charge is 0.417 e. The van der Waals surface area contributed by atoms with Gasteiger partial charge in [-0.3, -0.25) is 9.36 Å². The molecule has 0 radical (unpaired) electrons. The van der Waals surface area contributed by atoms with Crippen LogP contribution in [0.15, 0.2) is 18.2 Å². The third kappa shape index (κ3) is 4.97. The van der Waals surface area contributed by atoms with Crippen molar-refractivity contribution in [2.45, 2.75) is 6.18 Å². The van der Waals surface area contributed by atoms with Crippen LogP contribution in [-0.2, 0) is 15.3 Å². The van der Waals surface area contributed by atoms with Crippen LogP contribution in [0, 0.1) is 0 Å². The minimum atomic E-state index is -4.67. The third-order valence-corrected chi connectivity index (χ3v) is 3.08. The predicted molar refractivity (Wildman–Crippen MR) is 66.2 cm³/mol. The monoisotopic (exact) mass is 314 g/mol. The zero-order valence-corrected chi connectivity index (χ0v) is 11.8. The molecule has 106 valence electrons. The van der Waals surface area contributed by atoms with E-state index in [4.69, 9.17) is 16.1 Å². The molecule has 0 saturated carbocycles. The molecule has 19 heavy (non-hydrogen) atoms. The van der Waals surface area contributed by atoms with E-state index < -0.39 is 37.1 Å². The van der Waals surface area contributed by atoms with Crippen LogP contribution in [0.2, 0.25) is 5.02 Å². The van der Waals surface area contributed by atoms with Crippen molar-refractivity contribution in [3.05, 3.63) is 34.3 Å². The number of Topliss-reactive ketones (excluding diaryl/α,β-unsaturated/α-hetero) is 1. The van der Waals surface area contributed by atoms with Crippen molar-refractivity contribution in [2.75, 3.05) is 19.9 Å². The van der Waals surface area contributed by atoms with Crippen molar-refractivity contribution in [1.29, 1.82) is 0 Å². The molecular weight excluding hydrogens is 304 g/mol. The molecule has 1 rings (SSSR count). The number of carbonyl (C=O) groups excluding carboxylic acids is 1. The van der Waals surface area contributed by atoms with E-state index in [-0.39, 0.29) is 5.02 Å². The quantitative estimate of drug-likeness (QED) is 0.621. The first-order chi connectivity index (χ1) is 8.50. The highest BCUT2D eigenvalue weighted by Gasteiger charge is 2.35. The molecule has 0 aromatic heterocycles. The summed E-state index contributed by atoms with van der Waals surface area (Å²) in [6, 6.07) is 2.70. The Morgan fingerprint density at radius 3 is 2.42 bits per heavy atom. The van der Waals surface area contributed by atoms with Crippen molar-refractivity contribution in [3.63, 3.8) is 0 Å². The fourth-order valence-electron chi connectivity index (χ4n) is 1.29. The Bertz CT molecular complexity index is 536. The van der Waals surface area contributed by atoms with Crippen LogP contribution >= 0.6 is 19.0 Å². The number of alkyl halides is 3. The molecule has 0 fully saturated rings.